The van der Waals surface area contributed by atoms with Crippen molar-refractivity contribution in [3.63, 3.8) is 0 Å². The quantitative estimate of drug-likeness (QED) is 0.728. The van der Waals surface area contributed by atoms with Crippen LogP contribution < -0.4 is 0 Å². The number of aromatic carboxylic acids is 1. The number of rotatable bonds is 4. The number of carbonyl (C=O) groups is 2. The number of likely N-dealkylation sites (tertiary alicyclic amines) is 1. The molecule has 0 unspecified atom stereocenters. The van der Waals surface area contributed by atoms with E-state index in [4.69, 9.17) is 14.4 Å². The third-order valence-electron chi connectivity index (χ3n) is 5.46. The lowest BCUT2D eigenvalue weighted by Gasteiger charge is -2.36. The van der Waals surface area contributed by atoms with Gasteiger partial charge in [-0.1, -0.05) is 48.5 Å². The van der Waals surface area contributed by atoms with Gasteiger partial charge in [0.1, 0.15) is 6.61 Å². The first-order chi connectivity index (χ1) is 14.1. The van der Waals surface area contributed by atoms with Gasteiger partial charge >= 0.3 is 12.1 Å². The Morgan fingerprint density at radius 3 is 2.28 bits per heavy atom. The summed E-state index contributed by atoms with van der Waals surface area (Å²) in [6.07, 6.45) is -0.402. The van der Waals surface area contributed by atoms with Crippen LogP contribution in [-0.2, 0) is 4.74 Å². The molecule has 1 aliphatic heterocycles. The molecule has 2 aliphatic rings. The van der Waals surface area contributed by atoms with Gasteiger partial charge in [-0.15, -0.1) is 0 Å². The summed E-state index contributed by atoms with van der Waals surface area (Å²) in [7, 11) is 0. The Morgan fingerprint density at radius 2 is 1.69 bits per heavy atom. The minimum Gasteiger partial charge on any atom is -0.475 e. The number of carboxylic acids is 1. The van der Waals surface area contributed by atoms with Crippen LogP contribution in [0.4, 0.5) is 4.79 Å². The number of amides is 1. The average molecular weight is 391 g/mol. The molecule has 0 saturated carbocycles. The fraction of sp³-hybridized carbons (Fsp3) is 0.238. The van der Waals surface area contributed by atoms with Gasteiger partial charge in [0.2, 0.25) is 5.89 Å². The first-order valence-corrected chi connectivity index (χ1v) is 9.28. The van der Waals surface area contributed by atoms with Gasteiger partial charge in [-0.2, -0.15) is 4.98 Å². The zero-order valence-corrected chi connectivity index (χ0v) is 15.3. The number of ether oxygens (including phenoxy) is 1. The average Bonchev–Trinajstić information content (AvgIpc) is 3.29. The van der Waals surface area contributed by atoms with Crippen LogP contribution in [0, 0.1) is 0 Å². The van der Waals surface area contributed by atoms with E-state index in [1.165, 1.54) is 11.1 Å². The van der Waals surface area contributed by atoms with Gasteiger partial charge in [-0.05, 0) is 27.4 Å². The highest BCUT2D eigenvalue weighted by Crippen LogP contribution is 2.44. The number of carboxylic acid groups (broad SMARTS) is 1. The zero-order valence-electron chi connectivity index (χ0n) is 15.3. The number of benzene rings is 2. The van der Waals surface area contributed by atoms with Crippen molar-refractivity contribution >= 4 is 12.1 Å². The van der Waals surface area contributed by atoms with E-state index < -0.39 is 12.1 Å². The summed E-state index contributed by atoms with van der Waals surface area (Å²) in [5.41, 5.74) is 4.68. The molecule has 2 heterocycles. The number of aromatic nitrogens is 2. The number of fused-ring (bicyclic) bond motifs is 3. The molecule has 1 aliphatic carbocycles. The van der Waals surface area contributed by atoms with Crippen LogP contribution in [0.1, 0.15) is 39.5 Å². The molecule has 1 N–H and O–H groups in total. The molecule has 146 valence electrons. The van der Waals surface area contributed by atoms with Gasteiger partial charge in [-0.3, -0.25) is 0 Å². The highest BCUT2D eigenvalue weighted by atomic mass is 16.6. The van der Waals surface area contributed by atoms with Crippen molar-refractivity contribution in [2.24, 2.45) is 0 Å². The molecule has 0 atom stereocenters. The molecule has 8 nitrogen and oxygen atoms in total. The van der Waals surface area contributed by atoms with Crippen LogP contribution in [0.25, 0.3) is 11.1 Å². The molecule has 0 radical (unpaired) electrons. The maximum Gasteiger partial charge on any atom is 0.409 e. The van der Waals surface area contributed by atoms with Gasteiger partial charge in [0.05, 0.1) is 5.92 Å². The second-order valence-electron chi connectivity index (χ2n) is 7.17. The van der Waals surface area contributed by atoms with Gasteiger partial charge in [-0.25, -0.2) is 9.59 Å². The second-order valence-corrected chi connectivity index (χ2v) is 7.17. The predicted molar refractivity (Wildman–Crippen MR) is 101 cm³/mol. The number of nitrogens with zero attached hydrogens (tertiary/aromatic N) is 3. The summed E-state index contributed by atoms with van der Waals surface area (Å²) in [6, 6.07) is 16.3. The van der Waals surface area contributed by atoms with E-state index in [0.29, 0.717) is 13.1 Å². The lowest BCUT2D eigenvalue weighted by Crippen LogP contribution is -2.49. The number of carbonyl (C=O) groups excluding carboxylic acids is 1. The summed E-state index contributed by atoms with van der Waals surface area (Å²) in [5, 5.41) is 12.3. The SMILES string of the molecule is O=C(O)c1noc(C2CN(C(=O)OCC3c4ccccc4-c4ccccc43)C2)n1. The Labute approximate surface area is 165 Å². The standard InChI is InChI=1S/C21H17N3O5/c25-20(26)18-22-19(29-23-18)12-9-24(10-12)21(27)28-11-17-15-7-3-1-5-13(15)14-6-2-4-8-16(14)17/h1-8,12,17H,9-11H2,(H,25,26). The maximum atomic E-state index is 12.4. The summed E-state index contributed by atoms with van der Waals surface area (Å²) < 4.78 is 10.6. The van der Waals surface area contributed by atoms with E-state index in [1.54, 1.807) is 4.90 Å². The van der Waals surface area contributed by atoms with Crippen molar-refractivity contribution in [1.29, 1.82) is 0 Å². The Kier molecular flexibility index (Phi) is 4.04. The van der Waals surface area contributed by atoms with E-state index in [9.17, 15) is 9.59 Å². The third kappa shape index (κ3) is 2.93. The van der Waals surface area contributed by atoms with Crippen molar-refractivity contribution in [3.05, 3.63) is 71.4 Å². The van der Waals surface area contributed by atoms with Crippen LogP contribution in [-0.4, -0.2) is 51.9 Å². The van der Waals surface area contributed by atoms with E-state index in [-0.39, 0.29) is 30.2 Å². The highest BCUT2D eigenvalue weighted by molar-refractivity contribution is 5.82. The smallest absolute Gasteiger partial charge is 0.409 e. The molecule has 5 rings (SSSR count). The minimum atomic E-state index is -1.24. The fourth-order valence-corrected chi connectivity index (χ4v) is 3.96. The Bertz CT molecular complexity index is 1060. The first kappa shape index (κ1) is 17.4. The van der Waals surface area contributed by atoms with E-state index in [0.717, 1.165) is 11.1 Å². The molecular formula is C21H17N3O5. The molecule has 1 aromatic heterocycles. The van der Waals surface area contributed by atoms with Crippen molar-refractivity contribution in [2.75, 3.05) is 19.7 Å². The van der Waals surface area contributed by atoms with Crippen LogP contribution >= 0.6 is 0 Å². The minimum absolute atomic E-state index is 0.0116. The van der Waals surface area contributed by atoms with Crippen LogP contribution in [0.15, 0.2) is 53.1 Å². The Balaban J connectivity index is 1.22. The topological polar surface area (TPSA) is 106 Å². The van der Waals surface area contributed by atoms with E-state index in [2.05, 4.69) is 34.4 Å². The molecule has 2 aromatic carbocycles. The zero-order chi connectivity index (χ0) is 20.0. The van der Waals surface area contributed by atoms with Crippen molar-refractivity contribution < 1.29 is 24.0 Å². The highest BCUT2D eigenvalue weighted by Gasteiger charge is 2.38. The normalized spacial score (nSPS) is 15.5. The van der Waals surface area contributed by atoms with Crippen LogP contribution in [0.5, 0.6) is 0 Å². The van der Waals surface area contributed by atoms with Gasteiger partial charge in [0.25, 0.3) is 5.82 Å². The summed E-state index contributed by atoms with van der Waals surface area (Å²) in [5.74, 6) is -1.55. The molecule has 3 aromatic rings. The fourth-order valence-electron chi connectivity index (χ4n) is 3.96. The van der Waals surface area contributed by atoms with Gasteiger partial charge in [0, 0.05) is 19.0 Å². The van der Waals surface area contributed by atoms with Gasteiger partial charge in [0.15, 0.2) is 0 Å². The third-order valence-corrected chi connectivity index (χ3v) is 5.46. The van der Waals surface area contributed by atoms with Crippen LogP contribution in [0.2, 0.25) is 0 Å². The lowest BCUT2D eigenvalue weighted by atomic mass is 9.98. The molecule has 29 heavy (non-hydrogen) atoms. The molecule has 0 bridgehead atoms. The van der Waals surface area contributed by atoms with Crippen molar-refractivity contribution in [3.8, 4) is 11.1 Å². The van der Waals surface area contributed by atoms with Crippen molar-refractivity contribution in [2.45, 2.75) is 11.8 Å². The summed E-state index contributed by atoms with van der Waals surface area (Å²) >= 11 is 0. The number of hydrogen-bond donors (Lipinski definition) is 1. The van der Waals surface area contributed by atoms with E-state index in [1.807, 2.05) is 24.3 Å². The molecule has 1 saturated heterocycles. The Hall–Kier alpha value is -3.68. The lowest BCUT2D eigenvalue weighted by molar-refractivity contribution is 0.0635. The monoisotopic (exact) mass is 391 g/mol. The van der Waals surface area contributed by atoms with E-state index >= 15 is 0 Å². The molecule has 0 spiro atoms. The first-order valence-electron chi connectivity index (χ1n) is 9.28. The number of hydrogen-bond acceptors (Lipinski definition) is 6. The maximum absolute atomic E-state index is 12.4. The molecule has 8 heteroatoms. The van der Waals surface area contributed by atoms with Gasteiger partial charge < -0.3 is 19.3 Å². The summed E-state index contributed by atoms with van der Waals surface area (Å²) in [4.78, 5) is 28.6. The Morgan fingerprint density at radius 1 is 1.07 bits per heavy atom. The van der Waals surface area contributed by atoms with Crippen molar-refractivity contribution in [1.82, 2.24) is 15.0 Å². The van der Waals surface area contributed by atoms with Crippen LogP contribution in [0.3, 0.4) is 0 Å². The second kappa shape index (κ2) is 6.73. The molecule has 1 fully saturated rings. The summed E-state index contributed by atoms with van der Waals surface area (Å²) in [6.45, 7) is 0.980. The molecular weight excluding hydrogens is 374 g/mol. The predicted octanol–water partition coefficient (Wildman–Crippen LogP) is 3.12. The largest absolute Gasteiger partial charge is 0.475 e. The molecule has 1 amide bonds.